The second-order valence-electron chi connectivity index (χ2n) is 22.9. The van der Waals surface area contributed by atoms with Gasteiger partial charge in [0.05, 0.1) is 34.3 Å². The summed E-state index contributed by atoms with van der Waals surface area (Å²) in [4.78, 5) is 0. The summed E-state index contributed by atoms with van der Waals surface area (Å²) in [6.07, 6.45) is 10.7. The normalized spacial score (nSPS) is 11.4. The second-order valence-corrected chi connectivity index (χ2v) is 39.9. The molecule has 0 aliphatic carbocycles. The summed E-state index contributed by atoms with van der Waals surface area (Å²) >= 11 is 9.59. The lowest BCUT2D eigenvalue weighted by atomic mass is 10.1. The Labute approximate surface area is 510 Å². The van der Waals surface area contributed by atoms with Crippen molar-refractivity contribution in [3.8, 4) is 47.2 Å². The standard InChI is InChI=1S/C18H31FO2Si.C18H27FO2Si.C14H22BrFO2Si.C6H4BrFO.C4H6.C3H7Br/c2*1-7-8-9-15-10-11-16(19)14-17(15)20-12-13-21-22(5,6)18(2,3)4;1-14(2,3)19(4,5)18-9-8-17-13-10-11(16)6-7-12(13)15;7-5-2-1-4(8)3-6(5)9;1-3-4-2;1-2-3-4/h10-11,14H,7-9,12-13H2,1-6H3;10-11,14H,7,12-13H2,1-6H3;6-7,10H,8-9H2,1-5H3;1-3,9H;1H,4H2,2H3;2-3H2,1H3. The zero-order chi connectivity index (χ0) is 62.0. The van der Waals surface area contributed by atoms with Crippen LogP contribution >= 0.6 is 47.8 Å². The highest BCUT2D eigenvalue weighted by Gasteiger charge is 2.38. The molecule has 0 bridgehead atoms. The molecule has 80 heavy (non-hydrogen) atoms. The summed E-state index contributed by atoms with van der Waals surface area (Å²) < 4.78 is 88.4. The summed E-state index contributed by atoms with van der Waals surface area (Å²) in [5, 5.41) is 10.5. The number of aryl methyl sites for hydroxylation is 1. The number of hydrogen-bond donors (Lipinski definition) is 1. The minimum atomic E-state index is -1.77. The predicted octanol–water partition coefficient (Wildman–Crippen LogP) is 20.7. The largest absolute Gasteiger partial charge is 0.507 e. The van der Waals surface area contributed by atoms with Crippen LogP contribution in [0.25, 0.3) is 0 Å². The first-order valence-electron chi connectivity index (χ1n) is 27.5. The first kappa shape index (κ1) is 79.0. The van der Waals surface area contributed by atoms with Crippen LogP contribution in [0.15, 0.2) is 81.7 Å². The first-order chi connectivity index (χ1) is 37.0. The van der Waals surface area contributed by atoms with E-state index >= 15 is 0 Å². The van der Waals surface area contributed by atoms with Gasteiger partial charge in [0.25, 0.3) is 0 Å². The molecule has 0 fully saturated rings. The third-order valence-corrected chi connectivity index (χ3v) is 28.9. The Bertz CT molecular complexity index is 2460. The van der Waals surface area contributed by atoms with Gasteiger partial charge in [-0.3, -0.25) is 0 Å². The van der Waals surface area contributed by atoms with E-state index in [1.807, 2.05) is 19.9 Å². The van der Waals surface area contributed by atoms with Gasteiger partial charge in [-0.15, -0.1) is 12.3 Å². The third kappa shape index (κ3) is 33.9. The average Bonchev–Trinajstić information content (AvgIpc) is 3.37. The first-order valence-corrected chi connectivity index (χ1v) is 38.9. The number of phenolic OH excluding ortho intramolecular Hbond substituents is 1. The monoisotopic (exact) mass is 1360 g/mol. The molecule has 0 amide bonds. The van der Waals surface area contributed by atoms with Gasteiger partial charge in [-0.05, 0) is 154 Å². The Morgan fingerprint density at radius 1 is 0.512 bits per heavy atom. The maximum absolute atomic E-state index is 13.4. The van der Waals surface area contributed by atoms with Crippen LogP contribution in [0.1, 0.15) is 133 Å². The number of aromatic hydroxyl groups is 1. The molecule has 0 aliphatic rings. The van der Waals surface area contributed by atoms with E-state index in [2.05, 4.69) is 181 Å². The van der Waals surface area contributed by atoms with Crippen molar-refractivity contribution in [3.63, 3.8) is 0 Å². The van der Waals surface area contributed by atoms with Crippen molar-refractivity contribution in [2.75, 3.05) is 45.0 Å². The van der Waals surface area contributed by atoms with Crippen molar-refractivity contribution in [2.24, 2.45) is 0 Å². The van der Waals surface area contributed by atoms with Crippen molar-refractivity contribution in [3.05, 3.63) is 116 Å². The van der Waals surface area contributed by atoms with E-state index < -0.39 is 30.8 Å². The van der Waals surface area contributed by atoms with E-state index in [9.17, 15) is 17.6 Å². The molecule has 7 nitrogen and oxygen atoms in total. The van der Waals surface area contributed by atoms with Crippen molar-refractivity contribution in [1.29, 1.82) is 0 Å². The fourth-order valence-corrected chi connectivity index (χ4v) is 8.90. The van der Waals surface area contributed by atoms with Crippen molar-refractivity contribution in [2.45, 2.75) is 183 Å². The topological polar surface area (TPSA) is 75.6 Å². The minimum absolute atomic E-state index is 0.0741. The van der Waals surface area contributed by atoms with Gasteiger partial charge in [0.2, 0.25) is 0 Å². The molecule has 4 rings (SSSR count). The lowest BCUT2D eigenvalue weighted by Crippen LogP contribution is -2.41. The number of benzene rings is 4. The van der Waals surface area contributed by atoms with Crippen molar-refractivity contribution >= 4 is 72.7 Å². The molecule has 0 aromatic heterocycles. The van der Waals surface area contributed by atoms with Crippen LogP contribution < -0.4 is 14.2 Å². The van der Waals surface area contributed by atoms with Gasteiger partial charge in [0, 0.05) is 42.4 Å². The van der Waals surface area contributed by atoms with E-state index in [0.29, 0.717) is 61.4 Å². The molecule has 4 aromatic rings. The number of unbranched alkanes of at least 4 members (excludes halogenated alkanes) is 1. The summed E-state index contributed by atoms with van der Waals surface area (Å²) in [5.41, 5.74) is 1.80. The van der Waals surface area contributed by atoms with E-state index in [1.165, 1.54) is 55.0 Å². The molecule has 0 saturated heterocycles. The molecular weight excluding hydrogens is 1270 g/mol. The molecule has 4 aromatic carbocycles. The number of rotatable bonds is 19. The zero-order valence-electron chi connectivity index (χ0n) is 51.7. The van der Waals surface area contributed by atoms with Crippen LogP contribution in [-0.2, 0) is 19.7 Å². The fraction of sp³-hybridized carbons (Fsp3) is 0.556. The maximum Gasteiger partial charge on any atom is 0.192 e. The lowest BCUT2D eigenvalue weighted by molar-refractivity contribution is 0.202. The highest BCUT2D eigenvalue weighted by atomic mass is 79.9. The Hall–Kier alpha value is -3.11. The van der Waals surface area contributed by atoms with Crippen LogP contribution in [0.4, 0.5) is 17.6 Å². The molecule has 1 N–H and O–H groups in total. The molecule has 0 saturated carbocycles. The molecule has 0 heterocycles. The highest BCUT2D eigenvalue weighted by Crippen LogP contribution is 2.38. The third-order valence-electron chi connectivity index (χ3n) is 13.2. The number of hydrogen-bond acceptors (Lipinski definition) is 7. The summed E-state index contributed by atoms with van der Waals surface area (Å²) in [6.45, 7) is 44.2. The molecule has 0 aliphatic heterocycles. The van der Waals surface area contributed by atoms with Gasteiger partial charge in [-0.2, -0.15) is 0 Å². The Kier molecular flexibility index (Phi) is 39.7. The Morgan fingerprint density at radius 3 is 1.25 bits per heavy atom. The van der Waals surface area contributed by atoms with E-state index in [-0.39, 0.29) is 38.3 Å². The predicted molar refractivity (Wildman–Crippen MR) is 348 cm³/mol. The van der Waals surface area contributed by atoms with E-state index in [1.54, 1.807) is 12.1 Å². The molecule has 0 unspecified atom stereocenters. The highest BCUT2D eigenvalue weighted by molar-refractivity contribution is 9.11. The van der Waals surface area contributed by atoms with E-state index in [4.69, 9.17) is 39.0 Å². The summed E-state index contributed by atoms with van der Waals surface area (Å²) in [6, 6.07) is 17.4. The molecule has 0 spiro atoms. The Balaban J connectivity index is 0. The van der Waals surface area contributed by atoms with Crippen LogP contribution in [-0.4, -0.2) is 75.0 Å². The molecule has 0 atom stereocenters. The number of phenols is 1. The van der Waals surface area contributed by atoms with Gasteiger partial charge >= 0.3 is 0 Å². The van der Waals surface area contributed by atoms with Gasteiger partial charge < -0.3 is 32.6 Å². The number of alkyl halides is 1. The second kappa shape index (κ2) is 40.2. The van der Waals surface area contributed by atoms with Crippen molar-refractivity contribution < 1.29 is 50.2 Å². The zero-order valence-corrected chi connectivity index (χ0v) is 59.5. The van der Waals surface area contributed by atoms with Crippen molar-refractivity contribution in [1.82, 2.24) is 0 Å². The van der Waals surface area contributed by atoms with Gasteiger partial charge in [0.1, 0.15) is 66.1 Å². The average molecular weight is 1370 g/mol. The fourth-order valence-electron chi connectivity index (χ4n) is 5.21. The van der Waals surface area contributed by atoms with E-state index in [0.717, 1.165) is 59.1 Å². The number of halogens is 7. The van der Waals surface area contributed by atoms with Crippen LogP contribution in [0.5, 0.6) is 23.0 Å². The number of ether oxygens (including phenoxy) is 3. The molecule has 17 heteroatoms. The summed E-state index contributed by atoms with van der Waals surface area (Å²) in [5.74, 6) is 8.69. The van der Waals surface area contributed by atoms with Gasteiger partial charge in [-0.1, -0.05) is 130 Å². The summed E-state index contributed by atoms with van der Waals surface area (Å²) in [7, 11) is -5.25. The van der Waals surface area contributed by atoms with Crippen LogP contribution in [0, 0.1) is 47.5 Å². The lowest BCUT2D eigenvalue weighted by Gasteiger charge is -2.36. The smallest absolute Gasteiger partial charge is 0.192 e. The van der Waals surface area contributed by atoms with Gasteiger partial charge in [-0.25, -0.2) is 17.6 Å². The molecule has 452 valence electrons. The van der Waals surface area contributed by atoms with Crippen LogP contribution in [0.2, 0.25) is 54.4 Å². The Morgan fingerprint density at radius 2 is 0.875 bits per heavy atom. The maximum atomic E-state index is 13.4. The van der Waals surface area contributed by atoms with Crippen LogP contribution in [0.3, 0.4) is 0 Å². The minimum Gasteiger partial charge on any atom is -0.507 e. The quantitative estimate of drug-likeness (QED) is 0.0330. The SMILES string of the molecule is C#CCC.CC(C)(C)[Si](C)(C)OCCOc1cc(F)ccc1Br.CCC#Cc1ccc(F)cc1OCCO[Si](C)(C)C(C)(C)C.CCCBr.CCCCc1ccc(F)cc1OCCO[Si](C)(C)C(C)(C)C.Oc1cc(F)ccc1Br. The molecule has 0 radical (unpaired) electrons. The number of terminal acetylenes is 1. The molecular formula is C63H97Br3F4O7Si3. The van der Waals surface area contributed by atoms with Gasteiger partial charge in [0.15, 0.2) is 25.0 Å².